The first-order valence-corrected chi connectivity index (χ1v) is 17.2. The van der Waals surface area contributed by atoms with Gasteiger partial charge in [-0.25, -0.2) is 0 Å². The molecule has 1 aromatic carbocycles. The second kappa shape index (κ2) is 11.5. The number of halogens is 1. The molecule has 1 amide bonds. The number of ether oxygens (including phenoxy) is 1. The number of hydrazine groups is 1. The van der Waals surface area contributed by atoms with E-state index >= 15 is 0 Å². The lowest BCUT2D eigenvalue weighted by molar-refractivity contribution is -0.149. The molecule has 5 atom stereocenters. The minimum absolute atomic E-state index is 0.0348. The molecule has 2 N–H and O–H groups in total. The number of nitrogens with one attached hydrogen (secondary N) is 2. The van der Waals surface area contributed by atoms with Gasteiger partial charge >= 0.3 is 0 Å². The molecule has 1 spiro atoms. The normalized spacial score (nSPS) is 29.9. The van der Waals surface area contributed by atoms with Crippen LogP contribution in [-0.2, 0) is 16.1 Å². The third-order valence-corrected chi connectivity index (χ3v) is 12.2. The molecule has 11 heteroatoms. The van der Waals surface area contributed by atoms with E-state index in [1.165, 1.54) is 17.3 Å². The number of likely N-dealkylation sites (tertiary alicyclic amines) is 1. The van der Waals surface area contributed by atoms with Gasteiger partial charge in [-0.15, -0.1) is 11.6 Å². The summed E-state index contributed by atoms with van der Waals surface area (Å²) in [4.78, 5) is 16.5. The molecule has 45 heavy (non-hydrogen) atoms. The number of nitrogens with zero attached hydrogens (tertiary/aromatic N) is 6. The van der Waals surface area contributed by atoms with Crippen LogP contribution in [0.2, 0.25) is 0 Å². The van der Waals surface area contributed by atoms with Gasteiger partial charge in [0.1, 0.15) is 0 Å². The van der Waals surface area contributed by atoms with Crippen LogP contribution in [0.25, 0.3) is 22.2 Å². The summed E-state index contributed by atoms with van der Waals surface area (Å²) in [6.07, 6.45) is 6.59. The SMILES string of the molecule is C=CC(=O)N1CC2(CC(n3nc(-c4ccc5c(cnn5CCN5CCOCC5)c4)c(C4C(Cl)C(C)CC5NNCC54)c3C)C2)C1. The van der Waals surface area contributed by atoms with E-state index in [4.69, 9.17) is 26.5 Å². The van der Waals surface area contributed by atoms with Crippen molar-refractivity contribution in [1.29, 1.82) is 0 Å². The molecule has 5 heterocycles. The molecule has 0 radical (unpaired) electrons. The van der Waals surface area contributed by atoms with Crippen LogP contribution in [-0.4, -0.2) is 99.2 Å². The molecule has 3 saturated heterocycles. The van der Waals surface area contributed by atoms with Gasteiger partial charge < -0.3 is 9.64 Å². The number of rotatable bonds is 7. The number of morpholine rings is 1. The fraction of sp³-hybridized carbons (Fsp3) is 0.618. The standard InChI is InChI=1S/C34H45ClN8O2/c1-4-29(44)41-19-34(20-41)15-25(16-34)43-22(3)30(31-26-18-36-38-27(26)13-21(2)32(31)35)33(39-43)23-5-6-28-24(14-23)17-37-42(28)8-7-40-9-11-45-12-10-40/h4-6,14,17,21,25-27,31-32,36,38H,1,7-13,15-16,18-20H2,2-3H3. The van der Waals surface area contributed by atoms with Gasteiger partial charge in [0.15, 0.2) is 0 Å². The molecule has 5 aliphatic rings. The predicted octanol–water partition coefficient (Wildman–Crippen LogP) is 3.71. The summed E-state index contributed by atoms with van der Waals surface area (Å²) in [7, 11) is 0. The second-order valence-corrected chi connectivity index (χ2v) is 14.8. The fourth-order valence-electron chi connectivity index (χ4n) is 9.05. The number of carbonyl (C=O) groups excluding carboxylic acids is 1. The minimum atomic E-state index is 0.0348. The van der Waals surface area contributed by atoms with Crippen molar-refractivity contribution in [2.75, 3.05) is 52.5 Å². The molecule has 5 fully saturated rings. The van der Waals surface area contributed by atoms with Crippen molar-refractivity contribution in [3.8, 4) is 11.3 Å². The third kappa shape index (κ3) is 5.04. The summed E-state index contributed by atoms with van der Waals surface area (Å²) in [6.45, 7) is 16.2. The number of hydrogen-bond acceptors (Lipinski definition) is 7. The Hall–Kier alpha value is -2.76. The van der Waals surface area contributed by atoms with Crippen molar-refractivity contribution in [3.63, 3.8) is 0 Å². The number of aromatic nitrogens is 4. The highest BCUT2D eigenvalue weighted by Gasteiger charge is 2.55. The summed E-state index contributed by atoms with van der Waals surface area (Å²) in [5.41, 5.74) is 13.1. The first-order valence-electron chi connectivity index (χ1n) is 16.7. The first kappa shape index (κ1) is 29.6. The number of fused-ring (bicyclic) bond motifs is 2. The highest BCUT2D eigenvalue weighted by Crippen LogP contribution is 2.56. The molecule has 3 aliphatic heterocycles. The quantitative estimate of drug-likeness (QED) is 0.303. The Morgan fingerprint density at radius 3 is 2.80 bits per heavy atom. The molecule has 2 aliphatic carbocycles. The molecule has 0 bridgehead atoms. The van der Waals surface area contributed by atoms with Crippen LogP contribution in [0.4, 0.5) is 0 Å². The Balaban J connectivity index is 1.12. The number of benzene rings is 1. The van der Waals surface area contributed by atoms with E-state index in [-0.39, 0.29) is 22.6 Å². The van der Waals surface area contributed by atoms with Crippen LogP contribution >= 0.6 is 11.6 Å². The largest absolute Gasteiger partial charge is 0.379 e. The highest BCUT2D eigenvalue weighted by molar-refractivity contribution is 6.21. The summed E-state index contributed by atoms with van der Waals surface area (Å²) in [5, 5.41) is 11.4. The first-order chi connectivity index (χ1) is 21.8. The van der Waals surface area contributed by atoms with Crippen LogP contribution < -0.4 is 10.9 Å². The second-order valence-electron chi connectivity index (χ2n) is 14.3. The lowest BCUT2D eigenvalue weighted by atomic mass is 9.60. The van der Waals surface area contributed by atoms with Gasteiger partial charge in [0.05, 0.1) is 43.2 Å². The van der Waals surface area contributed by atoms with E-state index in [9.17, 15) is 4.79 Å². The van der Waals surface area contributed by atoms with E-state index in [0.29, 0.717) is 23.9 Å². The predicted molar refractivity (Wildman–Crippen MR) is 175 cm³/mol. The topological polar surface area (TPSA) is 92.5 Å². The molecule has 8 rings (SSSR count). The van der Waals surface area contributed by atoms with E-state index in [2.05, 4.69) is 63.7 Å². The van der Waals surface area contributed by atoms with Gasteiger partial charge in [0.25, 0.3) is 0 Å². The van der Waals surface area contributed by atoms with Gasteiger partial charge in [-0.3, -0.25) is 29.9 Å². The molecule has 3 aromatic rings. The van der Waals surface area contributed by atoms with Crippen LogP contribution in [0.3, 0.4) is 0 Å². The number of carbonyl (C=O) groups is 1. The van der Waals surface area contributed by atoms with Crippen molar-refractivity contribution < 1.29 is 9.53 Å². The Morgan fingerprint density at radius 1 is 1.22 bits per heavy atom. The monoisotopic (exact) mass is 632 g/mol. The van der Waals surface area contributed by atoms with Gasteiger partial charge in [0.2, 0.25) is 5.91 Å². The van der Waals surface area contributed by atoms with Crippen molar-refractivity contribution in [2.24, 2.45) is 17.3 Å². The van der Waals surface area contributed by atoms with Crippen LogP contribution in [0.15, 0.2) is 37.1 Å². The highest BCUT2D eigenvalue weighted by atomic mass is 35.5. The lowest BCUT2D eigenvalue weighted by Crippen LogP contribution is -2.63. The average Bonchev–Trinajstić information content (AvgIpc) is 3.73. The smallest absolute Gasteiger partial charge is 0.245 e. The maximum absolute atomic E-state index is 12.1. The van der Waals surface area contributed by atoms with Gasteiger partial charge in [-0.1, -0.05) is 19.6 Å². The molecule has 5 unspecified atom stereocenters. The van der Waals surface area contributed by atoms with E-state index in [1.54, 1.807) is 0 Å². The van der Waals surface area contributed by atoms with Gasteiger partial charge in [0, 0.05) is 84.2 Å². The number of amides is 1. The van der Waals surface area contributed by atoms with E-state index < -0.39 is 0 Å². The Bertz CT molecular complexity index is 1600. The molecule has 10 nitrogen and oxygen atoms in total. The lowest BCUT2D eigenvalue weighted by Gasteiger charge is -2.58. The zero-order valence-electron chi connectivity index (χ0n) is 26.4. The zero-order chi connectivity index (χ0) is 30.9. The Labute approximate surface area is 270 Å². The molecular weight excluding hydrogens is 588 g/mol. The van der Waals surface area contributed by atoms with E-state index in [1.807, 2.05) is 11.1 Å². The fourth-order valence-corrected chi connectivity index (χ4v) is 9.47. The average molecular weight is 633 g/mol. The summed E-state index contributed by atoms with van der Waals surface area (Å²) < 4.78 is 9.95. The third-order valence-electron chi connectivity index (χ3n) is 11.5. The maximum Gasteiger partial charge on any atom is 0.245 e. The number of alkyl halides is 1. The molecular formula is C34H45ClN8O2. The summed E-state index contributed by atoms with van der Waals surface area (Å²) >= 11 is 7.37. The minimum Gasteiger partial charge on any atom is -0.379 e. The zero-order valence-corrected chi connectivity index (χ0v) is 27.2. The van der Waals surface area contributed by atoms with Crippen LogP contribution in [0.1, 0.15) is 49.4 Å². The Kier molecular flexibility index (Phi) is 7.56. The van der Waals surface area contributed by atoms with Crippen molar-refractivity contribution in [1.82, 2.24) is 40.2 Å². The number of hydrogen-bond donors (Lipinski definition) is 2. The molecule has 2 saturated carbocycles. The van der Waals surface area contributed by atoms with Crippen molar-refractivity contribution in [2.45, 2.75) is 63.0 Å². The van der Waals surface area contributed by atoms with Crippen LogP contribution in [0, 0.1) is 24.2 Å². The Morgan fingerprint density at radius 2 is 2.02 bits per heavy atom. The maximum atomic E-state index is 12.1. The van der Waals surface area contributed by atoms with Crippen molar-refractivity contribution >= 4 is 28.4 Å². The summed E-state index contributed by atoms with van der Waals surface area (Å²) in [6, 6.07) is 7.45. The van der Waals surface area contributed by atoms with Crippen LogP contribution in [0.5, 0.6) is 0 Å². The molecule has 2 aromatic heterocycles. The van der Waals surface area contributed by atoms with Gasteiger partial charge in [-0.05, 0) is 56.2 Å². The summed E-state index contributed by atoms with van der Waals surface area (Å²) in [5.74, 6) is 1.03. The van der Waals surface area contributed by atoms with Crippen molar-refractivity contribution in [3.05, 3.63) is 48.3 Å². The van der Waals surface area contributed by atoms with Gasteiger partial charge in [-0.2, -0.15) is 10.2 Å². The molecule has 240 valence electrons. The van der Waals surface area contributed by atoms with E-state index in [0.717, 1.165) is 100 Å².